The number of rotatable bonds is 2. The van der Waals surface area contributed by atoms with Crippen molar-refractivity contribution in [1.29, 1.82) is 0 Å². The largest absolute Gasteiger partial charge is 0.384 e. The minimum absolute atomic E-state index is 0.621. The highest BCUT2D eigenvalue weighted by Gasteiger charge is 2.06. The average molecular weight is 316 g/mol. The van der Waals surface area contributed by atoms with E-state index in [2.05, 4.69) is 21.7 Å². The van der Waals surface area contributed by atoms with Crippen LogP contribution in [0.3, 0.4) is 0 Å². The predicted octanol–water partition coefficient (Wildman–Crippen LogP) is 3.12. The average Bonchev–Trinajstić information content (AvgIpc) is 2.61. The molecule has 0 fully saturated rings. The maximum absolute atomic E-state index is 9.75. The lowest BCUT2D eigenvalue weighted by Gasteiger charge is -2.06. The van der Waals surface area contributed by atoms with Crippen molar-refractivity contribution in [3.05, 3.63) is 84.0 Å². The lowest BCUT2D eigenvalue weighted by Crippen LogP contribution is -2.07. The Bertz CT molecular complexity index is 784. The summed E-state index contributed by atoms with van der Waals surface area (Å²) in [7, 11) is 0. The molecule has 0 aromatic heterocycles. The van der Waals surface area contributed by atoms with E-state index in [1.165, 1.54) is 0 Å². The van der Waals surface area contributed by atoms with Gasteiger partial charge in [-0.3, -0.25) is 0 Å². The van der Waals surface area contributed by atoms with Gasteiger partial charge in [0.15, 0.2) is 0 Å². The van der Waals surface area contributed by atoms with Gasteiger partial charge >= 0.3 is 0 Å². The van der Waals surface area contributed by atoms with Crippen LogP contribution in [-0.2, 0) is 0 Å². The van der Waals surface area contributed by atoms with Crippen LogP contribution in [0, 0.1) is 0 Å². The lowest BCUT2D eigenvalue weighted by atomic mass is 10.1. The molecule has 1 aromatic rings. The first-order valence-corrected chi connectivity index (χ1v) is 7.55. The number of aliphatic imine (C=N–C) groups is 2. The molecular weight excluding hydrogens is 300 g/mol. The van der Waals surface area contributed by atoms with Crippen molar-refractivity contribution in [2.75, 3.05) is 0 Å². The van der Waals surface area contributed by atoms with Crippen LogP contribution < -0.4 is 0 Å². The van der Waals surface area contributed by atoms with Gasteiger partial charge in [-0.1, -0.05) is 36.5 Å². The zero-order valence-corrected chi connectivity index (χ0v) is 12.9. The molecule has 118 valence electrons. The van der Waals surface area contributed by atoms with E-state index in [0.717, 1.165) is 0 Å². The number of aliphatic hydroxyl groups is 2. The molecule has 2 unspecified atom stereocenters. The Morgan fingerprint density at radius 2 is 1.08 bits per heavy atom. The van der Waals surface area contributed by atoms with Crippen molar-refractivity contribution < 1.29 is 10.2 Å². The molecule has 2 atom stereocenters. The Balaban J connectivity index is 1.77. The van der Waals surface area contributed by atoms with Gasteiger partial charge in [-0.15, -0.1) is 0 Å². The summed E-state index contributed by atoms with van der Waals surface area (Å²) in [6.07, 6.45) is 12.8. The summed E-state index contributed by atoms with van der Waals surface area (Å²) in [6.45, 7) is 0. The van der Waals surface area contributed by atoms with Crippen LogP contribution >= 0.6 is 0 Å². The summed E-state index contributed by atoms with van der Waals surface area (Å²) in [5, 5.41) is 19.5. The third kappa shape index (κ3) is 4.05. The van der Waals surface area contributed by atoms with Gasteiger partial charge in [0.05, 0.1) is 11.4 Å². The van der Waals surface area contributed by atoms with E-state index in [1.807, 2.05) is 12.2 Å². The van der Waals surface area contributed by atoms with Gasteiger partial charge in [0.2, 0.25) is 0 Å². The van der Waals surface area contributed by atoms with Crippen molar-refractivity contribution in [2.45, 2.75) is 12.2 Å². The Morgan fingerprint density at radius 3 is 1.46 bits per heavy atom. The molecule has 0 radical (unpaired) electrons. The fourth-order valence-electron chi connectivity index (χ4n) is 2.13. The van der Waals surface area contributed by atoms with Crippen molar-refractivity contribution in [3.8, 4) is 0 Å². The SMILES string of the molecule is OC1C=CC=CC1=C=Nc1ccc(N=C=C2C=CC=CC2O)cc1. The molecule has 2 aliphatic carbocycles. The molecule has 4 heteroatoms. The molecule has 24 heavy (non-hydrogen) atoms. The fraction of sp³-hybridized carbons (Fsp3) is 0.100. The quantitative estimate of drug-likeness (QED) is 0.823. The minimum Gasteiger partial charge on any atom is -0.384 e. The van der Waals surface area contributed by atoms with Crippen LogP contribution in [0.1, 0.15) is 0 Å². The highest BCUT2D eigenvalue weighted by Crippen LogP contribution is 2.18. The third-order valence-corrected chi connectivity index (χ3v) is 3.48. The Labute approximate surface area is 140 Å². The van der Waals surface area contributed by atoms with Crippen LogP contribution in [0.4, 0.5) is 11.4 Å². The molecule has 0 saturated heterocycles. The predicted molar refractivity (Wildman–Crippen MR) is 96.2 cm³/mol. The summed E-state index contributed by atoms with van der Waals surface area (Å²) in [6, 6.07) is 7.22. The van der Waals surface area contributed by atoms with Crippen LogP contribution in [0.2, 0.25) is 0 Å². The van der Waals surface area contributed by atoms with Crippen molar-refractivity contribution in [1.82, 2.24) is 0 Å². The molecule has 0 aliphatic heterocycles. The van der Waals surface area contributed by atoms with Crippen molar-refractivity contribution >= 4 is 23.1 Å². The maximum Gasteiger partial charge on any atom is 0.106 e. The van der Waals surface area contributed by atoms with Crippen LogP contribution in [-0.4, -0.2) is 34.2 Å². The lowest BCUT2D eigenvalue weighted by molar-refractivity contribution is 0.263. The molecule has 1 aromatic carbocycles. The highest BCUT2D eigenvalue weighted by molar-refractivity contribution is 5.71. The first kappa shape index (κ1) is 15.9. The Hall–Kier alpha value is -3.00. The zero-order chi connectivity index (χ0) is 16.8. The number of hydrogen-bond acceptors (Lipinski definition) is 4. The monoisotopic (exact) mass is 316 g/mol. The summed E-state index contributed by atoms with van der Waals surface area (Å²) >= 11 is 0. The first-order chi connectivity index (χ1) is 11.7. The summed E-state index contributed by atoms with van der Waals surface area (Å²) in [4.78, 5) is 8.45. The van der Waals surface area contributed by atoms with E-state index in [1.54, 1.807) is 60.7 Å². The standard InChI is InChI=1S/C20H16N2O2/c23-19-7-3-1-5-15(19)13-21-17-9-11-18(12-10-17)22-14-16-6-2-4-8-20(16)24/h1-12,19-20,23-24H. The number of aliphatic hydroxyl groups excluding tert-OH is 2. The molecule has 0 heterocycles. The van der Waals surface area contributed by atoms with Gasteiger partial charge in [-0.05, 0) is 48.2 Å². The molecule has 4 nitrogen and oxygen atoms in total. The van der Waals surface area contributed by atoms with E-state index < -0.39 is 12.2 Å². The molecule has 3 rings (SSSR count). The Morgan fingerprint density at radius 1 is 0.667 bits per heavy atom. The van der Waals surface area contributed by atoms with Gasteiger partial charge < -0.3 is 10.2 Å². The topological polar surface area (TPSA) is 65.2 Å². The van der Waals surface area contributed by atoms with Gasteiger partial charge in [0.1, 0.15) is 12.2 Å². The summed E-state index contributed by atoms with van der Waals surface area (Å²) in [5.41, 5.74) is 2.67. The zero-order valence-electron chi connectivity index (χ0n) is 12.9. The molecule has 0 spiro atoms. The second-order valence-corrected chi connectivity index (χ2v) is 5.25. The second-order valence-electron chi connectivity index (χ2n) is 5.25. The third-order valence-electron chi connectivity index (χ3n) is 3.48. The van der Waals surface area contributed by atoms with E-state index in [4.69, 9.17) is 0 Å². The normalized spacial score (nSPS) is 21.4. The van der Waals surface area contributed by atoms with Crippen LogP contribution in [0.25, 0.3) is 0 Å². The molecule has 2 N–H and O–H groups in total. The van der Waals surface area contributed by atoms with Gasteiger partial charge in [0.25, 0.3) is 0 Å². The van der Waals surface area contributed by atoms with Gasteiger partial charge in [-0.2, -0.15) is 0 Å². The summed E-state index contributed by atoms with van der Waals surface area (Å²) < 4.78 is 0. The fourth-order valence-corrected chi connectivity index (χ4v) is 2.13. The number of allylic oxidation sites excluding steroid dienone is 4. The van der Waals surface area contributed by atoms with Crippen molar-refractivity contribution in [3.63, 3.8) is 0 Å². The van der Waals surface area contributed by atoms with Crippen LogP contribution in [0.15, 0.2) is 94.0 Å². The highest BCUT2D eigenvalue weighted by atomic mass is 16.3. The first-order valence-electron chi connectivity index (χ1n) is 7.55. The molecule has 0 amide bonds. The molecule has 0 bridgehead atoms. The van der Waals surface area contributed by atoms with Gasteiger partial charge in [-0.25, -0.2) is 9.98 Å². The number of hydrogen-bond donors (Lipinski definition) is 2. The molecule has 0 saturated carbocycles. The van der Waals surface area contributed by atoms with Crippen LogP contribution in [0.5, 0.6) is 0 Å². The van der Waals surface area contributed by atoms with E-state index >= 15 is 0 Å². The molecular formula is C20H16N2O2. The van der Waals surface area contributed by atoms with Gasteiger partial charge in [0, 0.05) is 11.1 Å². The maximum atomic E-state index is 9.75. The van der Waals surface area contributed by atoms with E-state index in [0.29, 0.717) is 22.5 Å². The van der Waals surface area contributed by atoms with Crippen molar-refractivity contribution in [2.24, 2.45) is 9.98 Å². The Kier molecular flexibility index (Phi) is 4.97. The number of benzene rings is 1. The molecule has 2 aliphatic rings. The number of nitrogens with zero attached hydrogens (tertiary/aromatic N) is 2. The van der Waals surface area contributed by atoms with E-state index in [-0.39, 0.29) is 0 Å². The minimum atomic E-state index is -0.668. The van der Waals surface area contributed by atoms with E-state index in [9.17, 15) is 10.2 Å². The summed E-state index contributed by atoms with van der Waals surface area (Å²) in [5.74, 6) is 5.70. The second kappa shape index (κ2) is 7.51. The smallest absolute Gasteiger partial charge is 0.106 e.